The molecule has 2 N–H and O–H groups in total. The van der Waals surface area contributed by atoms with Crippen LogP contribution in [-0.4, -0.2) is 38.5 Å². The second kappa shape index (κ2) is 6.58. The number of aromatic nitrogens is 1. The van der Waals surface area contributed by atoms with E-state index in [1.165, 1.54) is 6.20 Å². The van der Waals surface area contributed by atoms with Crippen molar-refractivity contribution in [1.82, 2.24) is 9.71 Å². The first-order valence-electron chi connectivity index (χ1n) is 6.32. The molecule has 106 valence electrons. The summed E-state index contributed by atoms with van der Waals surface area (Å²) >= 11 is 1.94. The first kappa shape index (κ1) is 14.6. The van der Waals surface area contributed by atoms with Gasteiger partial charge in [0.15, 0.2) is 0 Å². The molecule has 1 fully saturated rings. The van der Waals surface area contributed by atoms with Crippen molar-refractivity contribution in [3.63, 3.8) is 0 Å². The van der Waals surface area contributed by atoms with E-state index in [2.05, 4.69) is 15.0 Å². The zero-order valence-electron chi connectivity index (χ0n) is 10.9. The standard InChI is InChI=1S/C12H19N3O2S2/c1-13-11-2-5-14-9-12(11)19(16,17)15-8-10-3-6-18-7-4-10/h2,5,9-10,15H,3-4,6-8H2,1H3,(H,13,14). The van der Waals surface area contributed by atoms with Crippen molar-refractivity contribution in [1.29, 1.82) is 0 Å². The van der Waals surface area contributed by atoms with Crippen LogP contribution in [0.4, 0.5) is 5.69 Å². The third kappa shape index (κ3) is 3.84. The molecule has 7 heteroatoms. The summed E-state index contributed by atoms with van der Waals surface area (Å²) < 4.78 is 27.2. The van der Waals surface area contributed by atoms with Gasteiger partial charge in [0.05, 0.1) is 5.69 Å². The number of anilines is 1. The number of hydrogen-bond donors (Lipinski definition) is 2. The Bertz CT molecular complexity index is 513. The van der Waals surface area contributed by atoms with Gasteiger partial charge in [-0.2, -0.15) is 11.8 Å². The second-order valence-electron chi connectivity index (χ2n) is 4.53. The van der Waals surface area contributed by atoms with Crippen LogP contribution >= 0.6 is 11.8 Å². The van der Waals surface area contributed by atoms with Crippen LogP contribution in [-0.2, 0) is 10.0 Å². The lowest BCUT2D eigenvalue weighted by Crippen LogP contribution is -2.31. The Morgan fingerprint density at radius 1 is 1.42 bits per heavy atom. The molecule has 0 radical (unpaired) electrons. The minimum absolute atomic E-state index is 0.211. The summed E-state index contributed by atoms with van der Waals surface area (Å²) in [6.45, 7) is 0.515. The van der Waals surface area contributed by atoms with Gasteiger partial charge in [-0.1, -0.05) is 0 Å². The van der Waals surface area contributed by atoms with Crippen molar-refractivity contribution < 1.29 is 8.42 Å². The zero-order chi connectivity index (χ0) is 13.7. The van der Waals surface area contributed by atoms with Crippen LogP contribution in [0.15, 0.2) is 23.4 Å². The summed E-state index contributed by atoms with van der Waals surface area (Å²) in [5, 5.41) is 2.88. The third-order valence-corrected chi connectivity index (χ3v) is 5.75. The quantitative estimate of drug-likeness (QED) is 0.863. The summed E-state index contributed by atoms with van der Waals surface area (Å²) in [5.74, 6) is 2.70. The third-order valence-electron chi connectivity index (χ3n) is 3.25. The molecule has 2 rings (SSSR count). The van der Waals surface area contributed by atoms with Gasteiger partial charge in [0.2, 0.25) is 10.0 Å². The van der Waals surface area contributed by atoms with Crippen LogP contribution in [0.25, 0.3) is 0 Å². The largest absolute Gasteiger partial charge is 0.387 e. The fourth-order valence-corrected chi connectivity index (χ4v) is 4.53. The highest BCUT2D eigenvalue weighted by Crippen LogP contribution is 2.23. The minimum atomic E-state index is -3.48. The smallest absolute Gasteiger partial charge is 0.244 e. The number of nitrogens with zero attached hydrogens (tertiary/aromatic N) is 1. The van der Waals surface area contributed by atoms with Crippen molar-refractivity contribution in [3.8, 4) is 0 Å². The van der Waals surface area contributed by atoms with Crippen molar-refractivity contribution in [3.05, 3.63) is 18.5 Å². The van der Waals surface area contributed by atoms with E-state index in [1.54, 1.807) is 19.3 Å². The molecular formula is C12H19N3O2S2. The molecule has 5 nitrogen and oxygen atoms in total. The Labute approximate surface area is 118 Å². The van der Waals surface area contributed by atoms with Crippen LogP contribution in [0.5, 0.6) is 0 Å². The molecule has 19 heavy (non-hydrogen) atoms. The fraction of sp³-hybridized carbons (Fsp3) is 0.583. The molecule has 1 aliphatic rings. The van der Waals surface area contributed by atoms with Crippen LogP contribution in [0.2, 0.25) is 0 Å². The molecule has 0 bridgehead atoms. The van der Waals surface area contributed by atoms with Crippen molar-refractivity contribution >= 4 is 27.5 Å². The second-order valence-corrected chi connectivity index (χ2v) is 7.49. The number of sulfonamides is 1. The number of nitrogens with one attached hydrogen (secondary N) is 2. The molecule has 0 aromatic carbocycles. The average Bonchev–Trinajstić information content (AvgIpc) is 2.46. The van der Waals surface area contributed by atoms with Crippen molar-refractivity contribution in [2.24, 2.45) is 5.92 Å². The monoisotopic (exact) mass is 301 g/mol. The Hall–Kier alpha value is -0.790. The summed E-state index contributed by atoms with van der Waals surface area (Å²) in [4.78, 5) is 4.10. The Kier molecular flexibility index (Phi) is 5.06. The van der Waals surface area contributed by atoms with E-state index in [4.69, 9.17) is 0 Å². The van der Waals surface area contributed by atoms with E-state index >= 15 is 0 Å². The molecule has 2 heterocycles. The first-order valence-corrected chi connectivity index (χ1v) is 8.96. The Balaban J connectivity index is 2.05. The van der Waals surface area contributed by atoms with Crippen molar-refractivity contribution in [2.45, 2.75) is 17.7 Å². The number of rotatable bonds is 5. The predicted molar refractivity (Wildman–Crippen MR) is 79.0 cm³/mol. The van der Waals surface area contributed by atoms with E-state index in [0.29, 0.717) is 18.2 Å². The lowest BCUT2D eigenvalue weighted by molar-refractivity contribution is 0.476. The van der Waals surface area contributed by atoms with Crippen LogP contribution in [0, 0.1) is 5.92 Å². The molecule has 0 atom stereocenters. The summed E-state index contributed by atoms with van der Waals surface area (Å²) in [6, 6.07) is 1.66. The highest BCUT2D eigenvalue weighted by molar-refractivity contribution is 7.99. The van der Waals surface area contributed by atoms with Gasteiger partial charge in [-0.25, -0.2) is 13.1 Å². The lowest BCUT2D eigenvalue weighted by Gasteiger charge is -2.21. The topological polar surface area (TPSA) is 71.1 Å². The summed E-state index contributed by atoms with van der Waals surface area (Å²) in [6.07, 6.45) is 5.12. The Morgan fingerprint density at radius 2 is 2.16 bits per heavy atom. The summed E-state index contributed by atoms with van der Waals surface area (Å²) in [5.41, 5.74) is 0.571. The molecule has 1 aliphatic heterocycles. The van der Waals surface area contributed by atoms with Gasteiger partial charge in [0.25, 0.3) is 0 Å². The molecule has 1 aromatic heterocycles. The van der Waals surface area contributed by atoms with Crippen molar-refractivity contribution in [2.75, 3.05) is 30.4 Å². The maximum absolute atomic E-state index is 12.3. The van der Waals surface area contributed by atoms with Crippen LogP contribution in [0.3, 0.4) is 0 Å². The van der Waals surface area contributed by atoms with Gasteiger partial charge in [-0.15, -0.1) is 0 Å². The predicted octanol–water partition coefficient (Wildman–Crippen LogP) is 1.54. The van der Waals surface area contributed by atoms with Gasteiger partial charge in [-0.3, -0.25) is 4.98 Å². The molecular weight excluding hydrogens is 282 g/mol. The minimum Gasteiger partial charge on any atom is -0.387 e. The van der Waals surface area contributed by atoms with Gasteiger partial charge in [-0.05, 0) is 36.3 Å². The molecule has 0 aliphatic carbocycles. The maximum Gasteiger partial charge on any atom is 0.244 e. The normalized spacial score (nSPS) is 17.3. The van der Waals surface area contributed by atoms with E-state index in [1.807, 2.05) is 11.8 Å². The fourth-order valence-electron chi connectivity index (χ4n) is 2.06. The highest BCUT2D eigenvalue weighted by Gasteiger charge is 2.21. The average molecular weight is 301 g/mol. The highest BCUT2D eigenvalue weighted by atomic mass is 32.2. The summed E-state index contributed by atoms with van der Waals surface area (Å²) in [7, 11) is -1.78. The van der Waals surface area contributed by atoms with Crippen LogP contribution in [0.1, 0.15) is 12.8 Å². The molecule has 0 amide bonds. The first-order chi connectivity index (χ1) is 9.13. The van der Waals surface area contributed by atoms with E-state index in [9.17, 15) is 8.42 Å². The number of pyridine rings is 1. The van der Waals surface area contributed by atoms with E-state index < -0.39 is 10.0 Å². The SMILES string of the molecule is CNc1ccncc1S(=O)(=O)NCC1CCSCC1. The molecule has 0 saturated carbocycles. The molecule has 0 spiro atoms. The zero-order valence-corrected chi connectivity index (χ0v) is 12.6. The number of thioether (sulfide) groups is 1. The molecule has 1 saturated heterocycles. The lowest BCUT2D eigenvalue weighted by atomic mass is 10.0. The van der Waals surface area contributed by atoms with E-state index in [-0.39, 0.29) is 4.90 Å². The molecule has 1 aromatic rings. The number of hydrogen-bond acceptors (Lipinski definition) is 5. The van der Waals surface area contributed by atoms with Crippen LogP contribution < -0.4 is 10.0 Å². The Morgan fingerprint density at radius 3 is 2.84 bits per heavy atom. The molecule has 0 unspecified atom stereocenters. The van der Waals surface area contributed by atoms with Gasteiger partial charge in [0, 0.05) is 26.0 Å². The van der Waals surface area contributed by atoms with E-state index in [0.717, 1.165) is 24.3 Å². The van der Waals surface area contributed by atoms with Gasteiger partial charge in [0.1, 0.15) is 4.90 Å². The van der Waals surface area contributed by atoms with Gasteiger partial charge < -0.3 is 5.32 Å². The maximum atomic E-state index is 12.3. The van der Waals surface area contributed by atoms with Gasteiger partial charge >= 0.3 is 0 Å².